The number of imide groups is 1. The summed E-state index contributed by atoms with van der Waals surface area (Å²) in [5, 5.41) is 2.39. The molecule has 1 saturated carbocycles. The highest BCUT2D eigenvalue weighted by molar-refractivity contribution is 5.98. The molecule has 5 heteroatoms. The van der Waals surface area contributed by atoms with Crippen molar-refractivity contribution in [3.05, 3.63) is 0 Å². The van der Waals surface area contributed by atoms with Crippen molar-refractivity contribution in [1.29, 1.82) is 0 Å². The average molecular weight is 238 g/mol. The minimum atomic E-state index is -0.230. The van der Waals surface area contributed by atoms with E-state index in [1.807, 2.05) is 0 Å². The maximum Gasteiger partial charge on any atom is 0.229 e. The van der Waals surface area contributed by atoms with Gasteiger partial charge in [-0.1, -0.05) is 0 Å². The van der Waals surface area contributed by atoms with Crippen molar-refractivity contribution < 1.29 is 14.4 Å². The molecule has 1 heterocycles. The van der Waals surface area contributed by atoms with Crippen LogP contribution in [0.25, 0.3) is 0 Å². The summed E-state index contributed by atoms with van der Waals surface area (Å²) in [6, 6.07) is 0. The van der Waals surface area contributed by atoms with E-state index in [2.05, 4.69) is 5.32 Å². The number of carbonyl (C=O) groups is 3. The first-order valence-corrected chi connectivity index (χ1v) is 6.21. The van der Waals surface area contributed by atoms with Crippen LogP contribution < -0.4 is 11.1 Å². The predicted molar refractivity (Wildman–Crippen MR) is 60.5 cm³/mol. The molecule has 0 spiro atoms. The topological polar surface area (TPSA) is 89.3 Å². The van der Waals surface area contributed by atoms with Gasteiger partial charge in [-0.05, 0) is 38.0 Å². The number of hydrogen-bond acceptors (Lipinski definition) is 3. The summed E-state index contributed by atoms with van der Waals surface area (Å²) >= 11 is 0. The van der Waals surface area contributed by atoms with Crippen LogP contribution in [0.2, 0.25) is 0 Å². The van der Waals surface area contributed by atoms with Gasteiger partial charge >= 0.3 is 0 Å². The number of hydrogen-bond donors (Lipinski definition) is 2. The Morgan fingerprint density at radius 2 is 1.76 bits per heavy atom. The molecule has 1 atom stereocenters. The molecular formula is C12H18N2O3. The second-order valence-electron chi connectivity index (χ2n) is 5.07. The molecule has 0 radical (unpaired) electrons. The van der Waals surface area contributed by atoms with Gasteiger partial charge in [-0.25, -0.2) is 0 Å². The van der Waals surface area contributed by atoms with Gasteiger partial charge in [-0.2, -0.15) is 0 Å². The maximum atomic E-state index is 11.7. The minimum absolute atomic E-state index is 0.0282. The standard InChI is InChI=1S/C12H18N2O3/c13-11(16)8-3-1-7(2-4-8)9-5-6-10(15)14-12(9)17/h7-9H,1-6H2,(H2,13,16)(H,14,15,17). The highest BCUT2D eigenvalue weighted by atomic mass is 16.2. The number of nitrogens with one attached hydrogen (secondary N) is 1. The third-order valence-electron chi connectivity index (χ3n) is 4.03. The van der Waals surface area contributed by atoms with E-state index in [0.29, 0.717) is 18.8 Å². The summed E-state index contributed by atoms with van der Waals surface area (Å²) in [7, 11) is 0. The number of nitrogens with two attached hydrogens (primary N) is 1. The van der Waals surface area contributed by atoms with Crippen molar-refractivity contribution in [1.82, 2.24) is 5.32 Å². The number of piperidine rings is 1. The van der Waals surface area contributed by atoms with Gasteiger partial charge in [0.05, 0.1) is 0 Å². The second-order valence-corrected chi connectivity index (χ2v) is 5.07. The van der Waals surface area contributed by atoms with Gasteiger partial charge in [-0.3, -0.25) is 19.7 Å². The van der Waals surface area contributed by atoms with Crippen LogP contribution in [0.1, 0.15) is 38.5 Å². The van der Waals surface area contributed by atoms with Crippen LogP contribution in [0.4, 0.5) is 0 Å². The SMILES string of the molecule is NC(=O)C1CCC(C2CCC(=O)NC2=O)CC1. The lowest BCUT2D eigenvalue weighted by Gasteiger charge is -2.33. The van der Waals surface area contributed by atoms with Crippen LogP contribution >= 0.6 is 0 Å². The largest absolute Gasteiger partial charge is 0.369 e. The Hall–Kier alpha value is -1.39. The molecule has 1 aliphatic heterocycles. The third kappa shape index (κ3) is 2.65. The Bertz CT molecular complexity index is 346. The summed E-state index contributed by atoms with van der Waals surface area (Å²) < 4.78 is 0. The van der Waals surface area contributed by atoms with Crippen molar-refractivity contribution in [3.63, 3.8) is 0 Å². The zero-order valence-electron chi connectivity index (χ0n) is 9.78. The molecule has 2 rings (SSSR count). The zero-order valence-corrected chi connectivity index (χ0v) is 9.78. The number of primary amides is 1. The number of rotatable bonds is 2. The monoisotopic (exact) mass is 238 g/mol. The minimum Gasteiger partial charge on any atom is -0.369 e. The van der Waals surface area contributed by atoms with E-state index < -0.39 is 0 Å². The quantitative estimate of drug-likeness (QED) is 0.679. The van der Waals surface area contributed by atoms with Gasteiger partial charge < -0.3 is 5.73 Å². The zero-order chi connectivity index (χ0) is 12.4. The fraction of sp³-hybridized carbons (Fsp3) is 0.750. The Labute approximate surface area is 100 Å². The van der Waals surface area contributed by atoms with Crippen LogP contribution in [-0.2, 0) is 14.4 Å². The highest BCUT2D eigenvalue weighted by Gasteiger charge is 2.36. The van der Waals surface area contributed by atoms with Gasteiger partial charge in [0.25, 0.3) is 0 Å². The Kier molecular flexibility index (Phi) is 3.45. The average Bonchev–Trinajstić information content (AvgIpc) is 2.29. The Balaban J connectivity index is 1.90. The van der Waals surface area contributed by atoms with E-state index in [4.69, 9.17) is 5.73 Å². The van der Waals surface area contributed by atoms with Crippen LogP contribution in [-0.4, -0.2) is 17.7 Å². The van der Waals surface area contributed by atoms with Crippen LogP contribution in [0, 0.1) is 17.8 Å². The van der Waals surface area contributed by atoms with Gasteiger partial charge in [0, 0.05) is 18.3 Å². The lowest BCUT2D eigenvalue weighted by Crippen LogP contribution is -2.44. The highest BCUT2D eigenvalue weighted by Crippen LogP contribution is 2.36. The first-order valence-electron chi connectivity index (χ1n) is 6.21. The molecule has 1 aliphatic carbocycles. The van der Waals surface area contributed by atoms with E-state index in [9.17, 15) is 14.4 Å². The lowest BCUT2D eigenvalue weighted by molar-refractivity contribution is -0.138. The van der Waals surface area contributed by atoms with Crippen molar-refractivity contribution in [2.75, 3.05) is 0 Å². The molecule has 2 fully saturated rings. The van der Waals surface area contributed by atoms with E-state index in [1.165, 1.54) is 0 Å². The summed E-state index contributed by atoms with van der Waals surface area (Å²) in [6.07, 6.45) is 4.36. The fourth-order valence-corrected chi connectivity index (χ4v) is 2.97. The van der Waals surface area contributed by atoms with Gasteiger partial charge in [-0.15, -0.1) is 0 Å². The first kappa shape index (κ1) is 12.1. The maximum absolute atomic E-state index is 11.7. The van der Waals surface area contributed by atoms with Crippen LogP contribution in [0.5, 0.6) is 0 Å². The number of carbonyl (C=O) groups excluding carboxylic acids is 3. The molecule has 0 bridgehead atoms. The van der Waals surface area contributed by atoms with E-state index in [1.54, 1.807) is 0 Å². The molecule has 0 aromatic rings. The van der Waals surface area contributed by atoms with Crippen molar-refractivity contribution in [2.24, 2.45) is 23.5 Å². The lowest BCUT2D eigenvalue weighted by atomic mass is 9.73. The Morgan fingerprint density at radius 1 is 1.12 bits per heavy atom. The molecule has 17 heavy (non-hydrogen) atoms. The van der Waals surface area contributed by atoms with Gasteiger partial charge in [0.15, 0.2) is 0 Å². The third-order valence-corrected chi connectivity index (χ3v) is 4.03. The smallest absolute Gasteiger partial charge is 0.229 e. The number of amides is 3. The molecule has 0 aromatic carbocycles. The molecular weight excluding hydrogens is 220 g/mol. The predicted octanol–water partition coefficient (Wildman–Crippen LogP) is 0.331. The van der Waals surface area contributed by atoms with Gasteiger partial charge in [0.1, 0.15) is 0 Å². The molecule has 1 unspecified atom stereocenters. The van der Waals surface area contributed by atoms with Crippen molar-refractivity contribution in [2.45, 2.75) is 38.5 Å². The van der Waals surface area contributed by atoms with Crippen molar-refractivity contribution >= 4 is 17.7 Å². The fourth-order valence-electron chi connectivity index (χ4n) is 2.97. The van der Waals surface area contributed by atoms with Gasteiger partial charge in [0.2, 0.25) is 17.7 Å². The molecule has 94 valence electrons. The van der Waals surface area contributed by atoms with E-state index >= 15 is 0 Å². The van der Waals surface area contributed by atoms with E-state index in [-0.39, 0.29) is 29.6 Å². The summed E-state index contributed by atoms with van der Waals surface area (Å²) in [5.41, 5.74) is 5.27. The normalized spacial score (nSPS) is 34.2. The Morgan fingerprint density at radius 3 is 2.29 bits per heavy atom. The second kappa shape index (κ2) is 4.85. The summed E-state index contributed by atoms with van der Waals surface area (Å²) in [6.45, 7) is 0. The van der Waals surface area contributed by atoms with Crippen LogP contribution in [0.15, 0.2) is 0 Å². The molecule has 3 amide bonds. The van der Waals surface area contributed by atoms with E-state index in [0.717, 1.165) is 25.7 Å². The molecule has 0 aromatic heterocycles. The molecule has 5 nitrogen and oxygen atoms in total. The molecule has 3 N–H and O–H groups in total. The summed E-state index contributed by atoms with van der Waals surface area (Å²) in [4.78, 5) is 33.8. The molecule has 2 aliphatic rings. The van der Waals surface area contributed by atoms with Crippen LogP contribution in [0.3, 0.4) is 0 Å². The molecule has 1 saturated heterocycles. The first-order chi connectivity index (χ1) is 8.08. The summed E-state index contributed by atoms with van der Waals surface area (Å²) in [5.74, 6) is -0.313. The van der Waals surface area contributed by atoms with Crippen molar-refractivity contribution in [3.8, 4) is 0 Å².